The van der Waals surface area contributed by atoms with Crippen molar-refractivity contribution >= 4 is 5.91 Å². The van der Waals surface area contributed by atoms with E-state index in [2.05, 4.69) is 32.2 Å². The van der Waals surface area contributed by atoms with E-state index < -0.39 is 0 Å². The molecule has 0 saturated carbocycles. The molecule has 0 aliphatic carbocycles. The van der Waals surface area contributed by atoms with Crippen molar-refractivity contribution < 1.29 is 4.79 Å². The van der Waals surface area contributed by atoms with Crippen molar-refractivity contribution in [3.63, 3.8) is 0 Å². The fraction of sp³-hybridized carbons (Fsp3) is 0.583. The minimum absolute atomic E-state index is 0.0214. The number of hydrogen-bond acceptors (Lipinski definition) is 1. The van der Waals surface area contributed by atoms with Crippen molar-refractivity contribution in [1.29, 1.82) is 0 Å². The van der Waals surface area contributed by atoms with Gasteiger partial charge >= 0.3 is 0 Å². The van der Waals surface area contributed by atoms with Gasteiger partial charge in [0.25, 0.3) is 0 Å². The van der Waals surface area contributed by atoms with Crippen molar-refractivity contribution in [3.8, 4) is 0 Å². The minimum atomic E-state index is -0.0214. The lowest BCUT2D eigenvalue weighted by molar-refractivity contribution is -0.116. The number of amides is 1. The first kappa shape index (κ1) is 12.9. The molecule has 0 unspecified atom stereocenters. The van der Waals surface area contributed by atoms with Crippen LogP contribution in [-0.2, 0) is 4.79 Å². The highest BCUT2D eigenvalue weighted by atomic mass is 16.1. The van der Waals surface area contributed by atoms with Crippen LogP contribution in [0.3, 0.4) is 0 Å². The van der Waals surface area contributed by atoms with Crippen LogP contribution >= 0.6 is 0 Å². The van der Waals surface area contributed by atoms with Gasteiger partial charge in [-0.15, -0.1) is 0 Å². The average molecular weight is 195 g/mol. The predicted molar refractivity (Wildman–Crippen MR) is 61.0 cm³/mol. The van der Waals surface area contributed by atoms with Crippen LogP contribution in [0.1, 0.15) is 27.7 Å². The van der Waals surface area contributed by atoms with Crippen molar-refractivity contribution in [2.45, 2.75) is 27.7 Å². The third-order valence-corrected chi connectivity index (χ3v) is 2.40. The molecule has 0 rings (SSSR count). The van der Waals surface area contributed by atoms with Crippen molar-refractivity contribution in [3.05, 3.63) is 23.8 Å². The molecule has 0 radical (unpaired) electrons. The van der Waals surface area contributed by atoms with Crippen molar-refractivity contribution in [2.75, 3.05) is 7.05 Å². The van der Waals surface area contributed by atoms with E-state index in [4.69, 9.17) is 0 Å². The zero-order chi connectivity index (χ0) is 11.1. The summed E-state index contributed by atoms with van der Waals surface area (Å²) in [6, 6.07) is 0. The first-order chi connectivity index (χ1) is 6.49. The van der Waals surface area contributed by atoms with Crippen molar-refractivity contribution in [2.24, 2.45) is 11.8 Å². The van der Waals surface area contributed by atoms with E-state index in [9.17, 15) is 4.79 Å². The molecule has 0 aromatic rings. The topological polar surface area (TPSA) is 29.1 Å². The Balaban J connectivity index is 4.21. The maximum Gasteiger partial charge on any atom is 0.246 e. The summed E-state index contributed by atoms with van der Waals surface area (Å²) in [4.78, 5) is 11.1. The average Bonchev–Trinajstić information content (AvgIpc) is 2.15. The highest BCUT2D eigenvalue weighted by Crippen LogP contribution is 2.10. The fourth-order valence-electron chi connectivity index (χ4n) is 0.870. The van der Waals surface area contributed by atoms with Crippen LogP contribution in [0.5, 0.6) is 0 Å². The molecule has 2 nitrogen and oxygen atoms in total. The molecule has 0 heterocycles. The van der Waals surface area contributed by atoms with Crippen LogP contribution in [0.2, 0.25) is 0 Å². The van der Waals surface area contributed by atoms with Crippen LogP contribution in [-0.4, -0.2) is 13.0 Å². The van der Waals surface area contributed by atoms with E-state index in [1.807, 2.05) is 19.1 Å². The number of carbonyl (C=O) groups excluding carboxylic acids is 1. The summed E-state index contributed by atoms with van der Waals surface area (Å²) in [5.74, 6) is 1.16. The zero-order valence-corrected chi connectivity index (χ0v) is 9.79. The summed E-state index contributed by atoms with van der Waals surface area (Å²) in [6.45, 7) is 8.35. The molecule has 0 spiro atoms. The van der Waals surface area contributed by atoms with Gasteiger partial charge in [0.2, 0.25) is 5.91 Å². The van der Waals surface area contributed by atoms with Gasteiger partial charge in [-0.2, -0.15) is 0 Å². The molecule has 0 fully saturated rings. The molecule has 14 heavy (non-hydrogen) atoms. The van der Waals surface area contributed by atoms with Gasteiger partial charge in [-0.25, -0.2) is 0 Å². The lowest BCUT2D eigenvalue weighted by Crippen LogP contribution is -2.18. The Bertz CT molecular complexity index is 239. The Morgan fingerprint density at radius 3 is 2.29 bits per heavy atom. The molecule has 80 valence electrons. The van der Waals surface area contributed by atoms with Gasteiger partial charge in [0, 0.05) is 12.6 Å². The molecule has 1 amide bonds. The van der Waals surface area contributed by atoms with Crippen molar-refractivity contribution in [1.82, 2.24) is 5.32 Å². The number of nitrogens with one attached hydrogen (secondary N) is 1. The lowest BCUT2D eigenvalue weighted by atomic mass is 9.98. The first-order valence-electron chi connectivity index (χ1n) is 5.06. The molecule has 0 aliphatic heterocycles. The van der Waals surface area contributed by atoms with Gasteiger partial charge in [0.1, 0.15) is 0 Å². The number of rotatable bonds is 4. The lowest BCUT2D eigenvalue weighted by Gasteiger charge is -2.08. The third kappa shape index (κ3) is 4.85. The Morgan fingerprint density at radius 2 is 1.86 bits per heavy atom. The van der Waals surface area contributed by atoms with E-state index in [1.54, 1.807) is 7.05 Å². The molecule has 0 saturated heterocycles. The van der Waals surface area contributed by atoms with Crippen LogP contribution in [0, 0.1) is 11.8 Å². The Hall–Kier alpha value is -1.05. The summed E-state index contributed by atoms with van der Waals surface area (Å²) in [6.07, 6.45) is 5.92. The summed E-state index contributed by atoms with van der Waals surface area (Å²) < 4.78 is 0. The van der Waals surface area contributed by atoms with Crippen LogP contribution < -0.4 is 5.32 Å². The van der Waals surface area contributed by atoms with E-state index in [0.29, 0.717) is 11.8 Å². The van der Waals surface area contributed by atoms with Gasteiger partial charge in [-0.05, 0) is 18.8 Å². The van der Waals surface area contributed by atoms with Gasteiger partial charge in [-0.3, -0.25) is 4.79 Å². The summed E-state index contributed by atoms with van der Waals surface area (Å²) >= 11 is 0. The van der Waals surface area contributed by atoms with E-state index in [1.165, 1.54) is 0 Å². The van der Waals surface area contributed by atoms with Gasteiger partial charge in [0.15, 0.2) is 0 Å². The maximum atomic E-state index is 11.1. The van der Waals surface area contributed by atoms with Crippen LogP contribution in [0.4, 0.5) is 0 Å². The third-order valence-electron chi connectivity index (χ3n) is 2.40. The molecule has 1 N–H and O–H groups in total. The maximum absolute atomic E-state index is 11.1. The van der Waals surface area contributed by atoms with Gasteiger partial charge in [-0.1, -0.05) is 39.0 Å². The summed E-state index contributed by atoms with van der Waals surface area (Å²) in [7, 11) is 1.64. The second-order valence-corrected chi connectivity index (χ2v) is 3.92. The highest BCUT2D eigenvalue weighted by Gasteiger charge is 2.01. The normalized spacial score (nSPS) is 14.9. The predicted octanol–water partition coefficient (Wildman–Crippen LogP) is 2.53. The number of hydrogen-bond donors (Lipinski definition) is 1. The number of allylic oxidation sites excluding steroid dienone is 3. The van der Waals surface area contributed by atoms with Crippen LogP contribution in [0.25, 0.3) is 0 Å². The highest BCUT2D eigenvalue weighted by molar-refractivity contribution is 5.92. The zero-order valence-electron chi connectivity index (χ0n) is 9.79. The Labute approximate surface area is 87.1 Å². The Morgan fingerprint density at radius 1 is 1.29 bits per heavy atom. The summed E-state index contributed by atoms with van der Waals surface area (Å²) in [5, 5.41) is 2.58. The quantitative estimate of drug-likeness (QED) is 0.542. The molecule has 1 atom stereocenters. The molecule has 0 bridgehead atoms. The Kier molecular flexibility index (Phi) is 5.93. The first-order valence-corrected chi connectivity index (χ1v) is 5.06. The second kappa shape index (κ2) is 6.41. The molecule has 0 aliphatic rings. The van der Waals surface area contributed by atoms with E-state index >= 15 is 0 Å². The number of likely N-dealkylation sites (N-methyl/N-ethyl adjacent to an activating group) is 1. The molecule has 2 heteroatoms. The SMILES string of the molecule is CNC(=O)/C(C)=C\C=C\[C@H](C)C(C)C. The summed E-state index contributed by atoms with van der Waals surface area (Å²) in [5.41, 5.74) is 0.736. The minimum Gasteiger partial charge on any atom is -0.355 e. The standard InChI is InChI=1S/C12H21NO/c1-9(2)10(3)7-6-8-11(4)12(14)13-5/h6-10H,1-5H3,(H,13,14)/b7-6+,11-8-/t10-/m0/s1. The molecular formula is C12H21NO. The van der Waals surface area contributed by atoms with E-state index in [0.717, 1.165) is 5.57 Å². The van der Waals surface area contributed by atoms with E-state index in [-0.39, 0.29) is 5.91 Å². The molecule has 0 aromatic carbocycles. The second-order valence-electron chi connectivity index (χ2n) is 3.92. The smallest absolute Gasteiger partial charge is 0.246 e. The number of carbonyl (C=O) groups is 1. The van der Waals surface area contributed by atoms with Gasteiger partial charge in [0.05, 0.1) is 0 Å². The van der Waals surface area contributed by atoms with Gasteiger partial charge < -0.3 is 5.32 Å². The largest absolute Gasteiger partial charge is 0.355 e. The molecule has 0 aromatic heterocycles. The fourth-order valence-corrected chi connectivity index (χ4v) is 0.870. The molecular weight excluding hydrogens is 174 g/mol. The monoisotopic (exact) mass is 195 g/mol. The van der Waals surface area contributed by atoms with Crippen LogP contribution in [0.15, 0.2) is 23.8 Å².